The highest BCUT2D eigenvalue weighted by molar-refractivity contribution is 5.84. The highest BCUT2D eigenvalue weighted by Gasteiger charge is 2.26. The molecule has 1 saturated carbocycles. The number of fused-ring (bicyclic) bond motifs is 1. The minimum absolute atomic E-state index is 0.0539. The molecule has 0 bridgehead atoms. The van der Waals surface area contributed by atoms with Crippen molar-refractivity contribution in [2.24, 2.45) is 0 Å². The Morgan fingerprint density at radius 3 is 2.62 bits per heavy atom. The van der Waals surface area contributed by atoms with Gasteiger partial charge in [0.25, 0.3) is 12.0 Å². The molecule has 170 valence electrons. The van der Waals surface area contributed by atoms with E-state index in [1.54, 1.807) is 35.9 Å². The average Bonchev–Trinajstić information content (AvgIpc) is 2.78. The minimum Gasteiger partial charge on any atom is -0.481 e. The Labute approximate surface area is 183 Å². The summed E-state index contributed by atoms with van der Waals surface area (Å²) in [6.45, 7) is 1.17. The van der Waals surface area contributed by atoms with Gasteiger partial charge in [0.05, 0.1) is 25.5 Å². The second kappa shape index (κ2) is 9.15. The maximum Gasteiger partial charge on any atom is 0.260 e. The van der Waals surface area contributed by atoms with Crippen molar-refractivity contribution in [1.29, 1.82) is 0 Å². The van der Waals surface area contributed by atoms with Crippen molar-refractivity contribution >= 4 is 17.0 Å². The molecule has 2 N–H and O–H groups in total. The van der Waals surface area contributed by atoms with Crippen LogP contribution >= 0.6 is 0 Å². The molecule has 3 heterocycles. The first-order chi connectivity index (χ1) is 15.4. The van der Waals surface area contributed by atoms with Crippen molar-refractivity contribution in [3.8, 4) is 17.0 Å². The number of methoxy groups -OCH3 is 1. The Hall–Kier alpha value is -3.14. The molecule has 0 spiro atoms. The molecule has 0 aliphatic heterocycles. The molecular weight excluding hydrogens is 420 g/mol. The molecule has 1 fully saturated rings. The minimum atomic E-state index is -2.55. The lowest BCUT2D eigenvalue weighted by Gasteiger charge is -2.28. The molecule has 3 aromatic heterocycles. The van der Waals surface area contributed by atoms with Crippen LogP contribution in [0.5, 0.6) is 5.88 Å². The third-order valence-corrected chi connectivity index (χ3v) is 5.78. The van der Waals surface area contributed by atoms with E-state index >= 15 is 0 Å². The van der Waals surface area contributed by atoms with E-state index < -0.39 is 13.0 Å². The van der Waals surface area contributed by atoms with Gasteiger partial charge in [0, 0.05) is 34.8 Å². The summed E-state index contributed by atoms with van der Waals surface area (Å²) in [7, 11) is 1.52. The van der Waals surface area contributed by atoms with Gasteiger partial charge in [-0.2, -0.15) is 4.98 Å². The van der Waals surface area contributed by atoms with Gasteiger partial charge in [-0.05, 0) is 44.7 Å². The number of hydrogen-bond acceptors (Lipinski definition) is 7. The predicted molar refractivity (Wildman–Crippen MR) is 116 cm³/mol. The summed E-state index contributed by atoms with van der Waals surface area (Å²) in [5, 5.41) is 13.1. The van der Waals surface area contributed by atoms with Gasteiger partial charge in [0.1, 0.15) is 5.65 Å². The van der Waals surface area contributed by atoms with E-state index in [9.17, 15) is 18.7 Å². The number of nitrogens with one attached hydrogen (secondary N) is 1. The maximum absolute atomic E-state index is 13.6. The van der Waals surface area contributed by atoms with Crippen LogP contribution in [0.25, 0.3) is 22.2 Å². The SMILES string of the molecule is COc1ccc(-c2cc3c(C)nc(NCC(F)F)nc3n(C3CCC(O)CC3)c2=O)cn1. The Balaban J connectivity index is 1.90. The molecule has 8 nitrogen and oxygen atoms in total. The van der Waals surface area contributed by atoms with Gasteiger partial charge in [-0.25, -0.2) is 18.7 Å². The summed E-state index contributed by atoms with van der Waals surface area (Å²) < 4.78 is 32.1. The molecule has 0 radical (unpaired) electrons. The van der Waals surface area contributed by atoms with Gasteiger partial charge >= 0.3 is 0 Å². The first-order valence-electron chi connectivity index (χ1n) is 10.5. The summed E-state index contributed by atoms with van der Waals surface area (Å²) in [5.41, 5.74) is 1.79. The molecule has 0 unspecified atom stereocenters. The number of ether oxygens (including phenoxy) is 1. The van der Waals surface area contributed by atoms with E-state index in [4.69, 9.17) is 4.74 Å². The number of nitrogens with zero attached hydrogens (tertiary/aromatic N) is 4. The normalized spacial score (nSPS) is 18.8. The molecule has 0 atom stereocenters. The number of rotatable bonds is 6. The van der Waals surface area contributed by atoms with Crippen LogP contribution in [0.3, 0.4) is 0 Å². The zero-order chi connectivity index (χ0) is 22.8. The Morgan fingerprint density at radius 2 is 2.00 bits per heavy atom. The number of halogens is 2. The topological polar surface area (TPSA) is 102 Å². The molecule has 32 heavy (non-hydrogen) atoms. The molecule has 0 saturated heterocycles. The van der Waals surface area contributed by atoms with E-state index in [1.165, 1.54) is 7.11 Å². The number of aliphatic hydroxyl groups is 1. The van der Waals surface area contributed by atoms with E-state index in [1.807, 2.05) is 0 Å². The van der Waals surface area contributed by atoms with Crippen LogP contribution in [-0.2, 0) is 0 Å². The van der Waals surface area contributed by atoms with Crippen molar-refractivity contribution in [1.82, 2.24) is 19.5 Å². The standard InChI is InChI=1S/C22H25F2N5O3/c1-12-16-9-17(13-3-8-19(32-2)25-10-13)21(31)29(14-4-6-15(30)7-5-14)20(16)28-22(27-12)26-11-18(23)24/h3,8-10,14-15,18,30H,4-7,11H2,1-2H3,(H,26,27,28). The quantitative estimate of drug-likeness (QED) is 0.600. The molecule has 0 aromatic carbocycles. The maximum atomic E-state index is 13.6. The van der Waals surface area contributed by atoms with Crippen LogP contribution in [0.2, 0.25) is 0 Å². The van der Waals surface area contributed by atoms with E-state index in [-0.39, 0.29) is 23.7 Å². The van der Waals surface area contributed by atoms with Crippen molar-refractivity contribution < 1.29 is 18.6 Å². The third-order valence-electron chi connectivity index (χ3n) is 5.78. The summed E-state index contributed by atoms with van der Waals surface area (Å²) in [6, 6.07) is 5.00. The Morgan fingerprint density at radius 1 is 1.25 bits per heavy atom. The van der Waals surface area contributed by atoms with Crippen molar-refractivity contribution in [3.05, 3.63) is 40.4 Å². The van der Waals surface area contributed by atoms with Crippen LogP contribution in [0.15, 0.2) is 29.2 Å². The fourth-order valence-electron chi connectivity index (χ4n) is 4.12. The van der Waals surface area contributed by atoms with E-state index in [0.29, 0.717) is 59.4 Å². The molecule has 1 aliphatic rings. The molecule has 3 aromatic rings. The van der Waals surface area contributed by atoms with E-state index in [0.717, 1.165) is 0 Å². The van der Waals surface area contributed by atoms with Crippen LogP contribution < -0.4 is 15.6 Å². The molecule has 0 amide bonds. The molecule has 4 rings (SSSR count). The van der Waals surface area contributed by atoms with Crippen molar-refractivity contribution in [2.45, 2.75) is 51.2 Å². The summed E-state index contributed by atoms with van der Waals surface area (Å²) >= 11 is 0. The number of hydrogen-bond donors (Lipinski definition) is 2. The van der Waals surface area contributed by atoms with Crippen LogP contribution in [0, 0.1) is 6.92 Å². The zero-order valence-corrected chi connectivity index (χ0v) is 17.9. The number of pyridine rings is 2. The first kappa shape index (κ1) is 22.1. The third kappa shape index (κ3) is 4.40. The molecular formula is C22H25F2N5O3. The van der Waals surface area contributed by atoms with Gasteiger partial charge in [-0.3, -0.25) is 9.36 Å². The molecule has 1 aliphatic carbocycles. The van der Waals surface area contributed by atoms with Gasteiger partial charge in [0.15, 0.2) is 0 Å². The highest BCUT2D eigenvalue weighted by atomic mass is 19.3. The summed E-state index contributed by atoms with van der Waals surface area (Å²) in [4.78, 5) is 26.6. The summed E-state index contributed by atoms with van der Waals surface area (Å²) in [6.07, 6.45) is 1.02. The fourth-order valence-corrected chi connectivity index (χ4v) is 4.12. The Bertz CT molecular complexity index is 1160. The Kier molecular flexibility index (Phi) is 6.31. The van der Waals surface area contributed by atoms with Gasteiger partial charge in [-0.1, -0.05) is 0 Å². The van der Waals surface area contributed by atoms with Crippen LogP contribution in [-0.4, -0.2) is 50.8 Å². The first-order valence-corrected chi connectivity index (χ1v) is 10.5. The second-order valence-corrected chi connectivity index (χ2v) is 7.93. The number of alkyl halides is 2. The average molecular weight is 445 g/mol. The lowest BCUT2D eigenvalue weighted by atomic mass is 9.92. The smallest absolute Gasteiger partial charge is 0.260 e. The van der Waals surface area contributed by atoms with Gasteiger partial charge < -0.3 is 15.2 Å². The zero-order valence-electron chi connectivity index (χ0n) is 17.9. The van der Waals surface area contributed by atoms with Crippen molar-refractivity contribution in [3.63, 3.8) is 0 Å². The largest absolute Gasteiger partial charge is 0.481 e. The predicted octanol–water partition coefficient (Wildman–Crippen LogP) is 3.32. The fraction of sp³-hybridized carbons (Fsp3) is 0.455. The lowest BCUT2D eigenvalue weighted by molar-refractivity contribution is 0.111. The highest BCUT2D eigenvalue weighted by Crippen LogP contribution is 2.32. The van der Waals surface area contributed by atoms with E-state index in [2.05, 4.69) is 20.3 Å². The molecule has 10 heteroatoms. The summed E-state index contributed by atoms with van der Waals surface area (Å²) in [5.74, 6) is 0.489. The monoisotopic (exact) mass is 445 g/mol. The number of aromatic nitrogens is 4. The number of aliphatic hydroxyl groups excluding tert-OH is 1. The van der Waals surface area contributed by atoms with Crippen LogP contribution in [0.1, 0.15) is 37.4 Å². The number of aryl methyl sites for hydroxylation is 1. The van der Waals surface area contributed by atoms with Crippen LogP contribution in [0.4, 0.5) is 14.7 Å². The van der Waals surface area contributed by atoms with Gasteiger partial charge in [-0.15, -0.1) is 0 Å². The lowest BCUT2D eigenvalue weighted by Crippen LogP contribution is -2.31. The van der Waals surface area contributed by atoms with Gasteiger partial charge in [0.2, 0.25) is 11.8 Å². The number of anilines is 1. The van der Waals surface area contributed by atoms with Crippen molar-refractivity contribution in [2.75, 3.05) is 19.0 Å². The second-order valence-electron chi connectivity index (χ2n) is 7.93.